The van der Waals surface area contributed by atoms with Gasteiger partial charge in [-0.05, 0) is 27.7 Å². The van der Waals surface area contributed by atoms with Crippen molar-refractivity contribution in [1.29, 1.82) is 0 Å². The van der Waals surface area contributed by atoms with Crippen molar-refractivity contribution in [1.82, 2.24) is 0 Å². The summed E-state index contributed by atoms with van der Waals surface area (Å²) in [6, 6.07) is 0. The molecule has 1 saturated carbocycles. The molecule has 1 fully saturated rings. The van der Waals surface area contributed by atoms with Crippen LogP contribution in [0.4, 0.5) is 0 Å². The van der Waals surface area contributed by atoms with Crippen LogP contribution in [0, 0.1) is 0 Å². The summed E-state index contributed by atoms with van der Waals surface area (Å²) in [5.74, 6) is -0.845. The molecule has 0 aliphatic heterocycles. The molecule has 0 bridgehead atoms. The van der Waals surface area contributed by atoms with Crippen molar-refractivity contribution in [2.45, 2.75) is 72.3 Å². The van der Waals surface area contributed by atoms with Gasteiger partial charge in [0.05, 0.1) is 0 Å². The van der Waals surface area contributed by atoms with E-state index >= 15 is 0 Å². The number of hydrogen-bond donors (Lipinski definition) is 2. The van der Waals surface area contributed by atoms with Gasteiger partial charge in [-0.3, -0.25) is 0 Å². The van der Waals surface area contributed by atoms with Crippen molar-refractivity contribution in [2.24, 2.45) is 0 Å². The quantitative estimate of drug-likeness (QED) is 0.690. The summed E-state index contributed by atoms with van der Waals surface area (Å²) in [6.07, 6.45) is 10.4. The second-order valence-corrected chi connectivity index (χ2v) is 4.49. The number of aliphatic carboxylic acids is 1. The maximum Gasteiger partial charge on any atom is 0.330 e. The molecule has 0 atom stereocenters. The van der Waals surface area contributed by atoms with E-state index < -0.39 is 5.97 Å². The Hall–Kier alpha value is -0.830. The van der Waals surface area contributed by atoms with Gasteiger partial charge in [0, 0.05) is 11.7 Å². The fraction of sp³-hybridized carbons (Fsp3) is 0.786. The maximum atomic E-state index is 9.86. The van der Waals surface area contributed by atoms with Crippen molar-refractivity contribution >= 4 is 5.97 Å². The first-order valence-electron chi connectivity index (χ1n) is 6.46. The molecule has 0 amide bonds. The van der Waals surface area contributed by atoms with Crippen LogP contribution in [0.25, 0.3) is 0 Å². The van der Waals surface area contributed by atoms with E-state index in [0.29, 0.717) is 5.57 Å². The number of aliphatic hydroxyl groups is 1. The van der Waals surface area contributed by atoms with E-state index in [1.807, 2.05) is 0 Å². The van der Waals surface area contributed by atoms with Crippen LogP contribution in [0.15, 0.2) is 11.6 Å². The molecule has 1 aliphatic carbocycles. The molecule has 0 radical (unpaired) electrons. The molecule has 17 heavy (non-hydrogen) atoms. The van der Waals surface area contributed by atoms with Crippen LogP contribution < -0.4 is 0 Å². The van der Waals surface area contributed by atoms with E-state index in [-0.39, 0.29) is 6.10 Å². The molecule has 0 saturated heterocycles. The fourth-order valence-corrected chi connectivity index (χ4v) is 1.18. The molecule has 1 rings (SSSR count). The number of carbonyl (C=O) groups is 1. The van der Waals surface area contributed by atoms with E-state index in [1.54, 1.807) is 33.8 Å². The number of hydrogen-bond acceptors (Lipinski definition) is 2. The van der Waals surface area contributed by atoms with Crippen molar-refractivity contribution in [3.8, 4) is 0 Å². The number of carboxylic acids is 1. The summed E-state index contributed by atoms with van der Waals surface area (Å²) >= 11 is 0. The molecule has 0 aromatic heterocycles. The molecule has 0 aromatic carbocycles. The fourth-order valence-electron chi connectivity index (χ4n) is 1.18. The Morgan fingerprint density at radius 3 is 1.35 bits per heavy atom. The van der Waals surface area contributed by atoms with E-state index in [1.165, 1.54) is 38.5 Å². The molecular formula is C14H28O3. The maximum absolute atomic E-state index is 9.86. The smallest absolute Gasteiger partial charge is 0.330 e. The first-order valence-corrected chi connectivity index (χ1v) is 6.46. The Labute approximate surface area is 106 Å². The highest BCUT2D eigenvalue weighted by Crippen LogP contribution is 2.15. The number of aliphatic hydroxyl groups excluding tert-OH is 1. The zero-order valence-corrected chi connectivity index (χ0v) is 11.7. The minimum atomic E-state index is -0.845. The highest BCUT2D eigenvalue weighted by Gasteiger charge is 1.95. The second-order valence-electron chi connectivity index (χ2n) is 4.49. The third-order valence-corrected chi connectivity index (χ3v) is 2.27. The van der Waals surface area contributed by atoms with Gasteiger partial charge in [-0.15, -0.1) is 0 Å². The average molecular weight is 244 g/mol. The van der Waals surface area contributed by atoms with Gasteiger partial charge < -0.3 is 10.2 Å². The predicted molar refractivity (Wildman–Crippen MR) is 72.1 cm³/mol. The Balaban J connectivity index is 0. The summed E-state index contributed by atoms with van der Waals surface area (Å²) in [5, 5.41) is 16.2. The third-order valence-electron chi connectivity index (χ3n) is 2.27. The minimum absolute atomic E-state index is 0.167. The molecule has 0 aromatic rings. The lowest BCUT2D eigenvalue weighted by molar-refractivity contribution is -0.132. The van der Waals surface area contributed by atoms with Gasteiger partial charge in [0.15, 0.2) is 0 Å². The summed E-state index contributed by atoms with van der Waals surface area (Å²) in [5.41, 5.74) is 0.389. The minimum Gasteiger partial charge on any atom is -0.478 e. The van der Waals surface area contributed by atoms with Crippen LogP contribution in [0.1, 0.15) is 66.2 Å². The highest BCUT2D eigenvalue weighted by molar-refractivity contribution is 5.85. The van der Waals surface area contributed by atoms with Crippen molar-refractivity contribution < 1.29 is 15.0 Å². The topological polar surface area (TPSA) is 57.5 Å². The lowest BCUT2D eigenvalue weighted by Crippen LogP contribution is -1.93. The molecule has 3 heteroatoms. The molecule has 3 nitrogen and oxygen atoms in total. The van der Waals surface area contributed by atoms with E-state index in [4.69, 9.17) is 10.2 Å². The first-order chi connectivity index (χ1) is 7.91. The molecule has 102 valence electrons. The first kappa shape index (κ1) is 18.5. The predicted octanol–water partition coefficient (Wildman–Crippen LogP) is 3.76. The van der Waals surface area contributed by atoms with Gasteiger partial charge in [-0.1, -0.05) is 44.6 Å². The van der Waals surface area contributed by atoms with E-state index in [2.05, 4.69) is 0 Å². The van der Waals surface area contributed by atoms with Crippen LogP contribution in [-0.4, -0.2) is 22.3 Å². The molecule has 2 N–H and O–H groups in total. The van der Waals surface area contributed by atoms with Gasteiger partial charge in [0.1, 0.15) is 0 Å². The third kappa shape index (κ3) is 21.1. The lowest BCUT2D eigenvalue weighted by Gasteiger charge is -2.05. The molecule has 0 spiro atoms. The zero-order chi connectivity index (χ0) is 13.7. The van der Waals surface area contributed by atoms with E-state index in [9.17, 15) is 4.79 Å². The Morgan fingerprint density at radius 2 is 1.29 bits per heavy atom. The molecule has 1 aliphatic rings. The SMILES string of the molecule is C1CCCCC1.CC(C)O.CC=C(C)C(=O)O. The van der Waals surface area contributed by atoms with Crippen LogP contribution in [0.5, 0.6) is 0 Å². The van der Waals surface area contributed by atoms with Gasteiger partial charge in [0.25, 0.3) is 0 Å². The Morgan fingerprint density at radius 1 is 1.06 bits per heavy atom. The van der Waals surface area contributed by atoms with Crippen molar-refractivity contribution in [3.05, 3.63) is 11.6 Å². The normalized spacial score (nSPS) is 15.3. The van der Waals surface area contributed by atoms with Crippen LogP contribution in [0.3, 0.4) is 0 Å². The molecular weight excluding hydrogens is 216 g/mol. The Bertz CT molecular complexity index is 189. The summed E-state index contributed by atoms with van der Waals surface area (Å²) < 4.78 is 0. The standard InChI is InChI=1S/C6H12.C5H8O2.C3H8O/c1-2-4-6-5-3-1;1-3-4(2)5(6)7;1-3(2)4/h1-6H2;3H,1-2H3,(H,6,7);3-4H,1-2H3. The van der Waals surface area contributed by atoms with Gasteiger partial charge in [0.2, 0.25) is 0 Å². The molecule has 0 heterocycles. The monoisotopic (exact) mass is 244 g/mol. The van der Waals surface area contributed by atoms with Crippen molar-refractivity contribution in [3.63, 3.8) is 0 Å². The zero-order valence-electron chi connectivity index (χ0n) is 11.7. The van der Waals surface area contributed by atoms with Gasteiger partial charge in [-0.2, -0.15) is 0 Å². The van der Waals surface area contributed by atoms with Crippen molar-refractivity contribution in [2.75, 3.05) is 0 Å². The second kappa shape index (κ2) is 13.2. The van der Waals surface area contributed by atoms with Gasteiger partial charge >= 0.3 is 5.97 Å². The lowest BCUT2D eigenvalue weighted by atomic mass is 10.0. The average Bonchev–Trinajstić information content (AvgIpc) is 2.30. The van der Waals surface area contributed by atoms with Crippen LogP contribution >= 0.6 is 0 Å². The largest absolute Gasteiger partial charge is 0.478 e. The number of allylic oxidation sites excluding steroid dienone is 1. The highest BCUT2D eigenvalue weighted by atomic mass is 16.4. The van der Waals surface area contributed by atoms with Crippen LogP contribution in [-0.2, 0) is 4.79 Å². The number of carboxylic acid groups (broad SMARTS) is 1. The Kier molecular flexibility index (Phi) is 14.4. The summed E-state index contributed by atoms with van der Waals surface area (Å²) in [4.78, 5) is 9.86. The van der Waals surface area contributed by atoms with Gasteiger partial charge in [-0.25, -0.2) is 4.79 Å². The molecule has 0 unspecified atom stereocenters. The summed E-state index contributed by atoms with van der Waals surface area (Å²) in [7, 11) is 0. The van der Waals surface area contributed by atoms with E-state index in [0.717, 1.165) is 0 Å². The summed E-state index contributed by atoms with van der Waals surface area (Å²) in [6.45, 7) is 6.70. The number of rotatable bonds is 1. The van der Waals surface area contributed by atoms with Crippen LogP contribution in [0.2, 0.25) is 0 Å².